The van der Waals surface area contributed by atoms with Gasteiger partial charge in [0.15, 0.2) is 5.11 Å². The lowest BCUT2D eigenvalue weighted by Crippen LogP contribution is -2.32. The zero-order chi connectivity index (χ0) is 25.9. The van der Waals surface area contributed by atoms with Crippen molar-refractivity contribution in [3.8, 4) is 11.3 Å². The molecule has 1 fully saturated rings. The molecule has 188 valence electrons. The van der Waals surface area contributed by atoms with Gasteiger partial charge in [0.1, 0.15) is 23.4 Å². The van der Waals surface area contributed by atoms with E-state index < -0.39 is 0 Å². The molecule has 0 aliphatic carbocycles. The Hall–Kier alpha value is -3.46. The van der Waals surface area contributed by atoms with E-state index in [2.05, 4.69) is 15.6 Å². The van der Waals surface area contributed by atoms with Gasteiger partial charge in [-0.1, -0.05) is 29.3 Å². The normalized spacial score (nSPS) is 17.1. The molecule has 0 radical (unpaired) electrons. The Balaban J connectivity index is 1.40. The molecule has 1 aliphatic heterocycles. The molecule has 0 bridgehead atoms. The number of anilines is 1. The Bertz CT molecular complexity index is 1430. The Morgan fingerprint density at radius 3 is 2.65 bits per heavy atom. The summed E-state index contributed by atoms with van der Waals surface area (Å²) < 4.78 is 19.5. The lowest BCUT2D eigenvalue weighted by Gasteiger charge is -2.25. The summed E-state index contributed by atoms with van der Waals surface area (Å²) in [5.74, 6) is 0.640. The first-order chi connectivity index (χ1) is 17.9. The number of benzene rings is 2. The van der Waals surface area contributed by atoms with Crippen molar-refractivity contribution in [1.82, 2.24) is 15.2 Å². The van der Waals surface area contributed by atoms with Gasteiger partial charge >= 0.3 is 0 Å². The fraction of sp³-hybridized carbons (Fsp3) is 0.148. The summed E-state index contributed by atoms with van der Waals surface area (Å²) in [6, 6.07) is 19.6. The van der Waals surface area contributed by atoms with Crippen molar-refractivity contribution < 1.29 is 13.6 Å². The standard InChI is InChI=1S/C27H21Cl2FN4O2S/c28-16-4-9-19(20(29)15-16)22-10-11-23(36-22)26-25(21-3-1-2-13-31-21)33-27(37)34(26)14-12-24(35)32-18-7-5-17(30)6-8-18/h1-11,13,15,25-26H,12,14H2,(H,32,35)(H,33,37)/t25-,26+/m0/s1. The number of aromatic nitrogens is 1. The fourth-order valence-corrected chi connectivity index (χ4v) is 5.11. The van der Waals surface area contributed by atoms with Crippen LogP contribution in [0.2, 0.25) is 10.0 Å². The molecule has 4 aromatic rings. The molecule has 2 aromatic carbocycles. The summed E-state index contributed by atoms with van der Waals surface area (Å²) in [6.45, 7) is 0.324. The number of nitrogens with one attached hydrogen (secondary N) is 2. The van der Waals surface area contributed by atoms with Crippen LogP contribution in [0.1, 0.15) is 30.0 Å². The Morgan fingerprint density at radius 1 is 1.11 bits per heavy atom. The number of carbonyl (C=O) groups excluding carboxylic acids is 1. The largest absolute Gasteiger partial charge is 0.459 e. The summed E-state index contributed by atoms with van der Waals surface area (Å²) >= 11 is 18.1. The summed E-state index contributed by atoms with van der Waals surface area (Å²) in [5.41, 5.74) is 2.02. The molecule has 1 saturated heterocycles. The highest BCUT2D eigenvalue weighted by Gasteiger charge is 2.41. The zero-order valence-corrected chi connectivity index (χ0v) is 21.7. The monoisotopic (exact) mass is 554 g/mol. The second-order valence-electron chi connectivity index (χ2n) is 8.45. The predicted octanol–water partition coefficient (Wildman–Crippen LogP) is 6.79. The maximum absolute atomic E-state index is 13.2. The van der Waals surface area contributed by atoms with Crippen LogP contribution >= 0.6 is 35.4 Å². The van der Waals surface area contributed by atoms with E-state index in [4.69, 9.17) is 39.8 Å². The first-order valence-corrected chi connectivity index (χ1v) is 12.6. The number of nitrogens with zero attached hydrogens (tertiary/aromatic N) is 2. The summed E-state index contributed by atoms with van der Waals surface area (Å²) in [4.78, 5) is 19.1. The molecular weight excluding hydrogens is 534 g/mol. The highest BCUT2D eigenvalue weighted by atomic mass is 35.5. The first-order valence-electron chi connectivity index (χ1n) is 11.5. The average Bonchev–Trinajstić information content (AvgIpc) is 3.49. The Kier molecular flexibility index (Phi) is 7.41. The number of furan rings is 1. The van der Waals surface area contributed by atoms with Gasteiger partial charge in [0, 0.05) is 35.4 Å². The third-order valence-electron chi connectivity index (χ3n) is 6.02. The molecule has 6 nitrogen and oxygen atoms in total. The van der Waals surface area contributed by atoms with Gasteiger partial charge in [-0.15, -0.1) is 0 Å². The minimum Gasteiger partial charge on any atom is -0.459 e. The maximum Gasteiger partial charge on any atom is 0.226 e. The molecule has 3 heterocycles. The molecule has 2 atom stereocenters. The lowest BCUT2D eigenvalue weighted by molar-refractivity contribution is -0.116. The van der Waals surface area contributed by atoms with E-state index in [1.54, 1.807) is 24.4 Å². The molecular formula is C27H21Cl2FN4O2S. The molecule has 1 aliphatic rings. The molecule has 5 rings (SSSR count). The number of pyridine rings is 1. The topological polar surface area (TPSA) is 70.4 Å². The number of hydrogen-bond acceptors (Lipinski definition) is 4. The molecule has 0 unspecified atom stereocenters. The minimum atomic E-state index is -0.368. The van der Waals surface area contributed by atoms with E-state index in [0.29, 0.717) is 44.5 Å². The smallest absolute Gasteiger partial charge is 0.226 e. The van der Waals surface area contributed by atoms with E-state index in [0.717, 1.165) is 5.69 Å². The number of carbonyl (C=O) groups is 1. The van der Waals surface area contributed by atoms with E-state index in [1.807, 2.05) is 35.2 Å². The van der Waals surface area contributed by atoms with Gasteiger partial charge in [-0.25, -0.2) is 4.39 Å². The Labute approximate surface area is 228 Å². The predicted molar refractivity (Wildman–Crippen MR) is 146 cm³/mol. The lowest BCUT2D eigenvalue weighted by atomic mass is 10.0. The van der Waals surface area contributed by atoms with Gasteiger partial charge in [-0.05, 0) is 78.9 Å². The van der Waals surface area contributed by atoms with Crippen molar-refractivity contribution in [2.75, 3.05) is 11.9 Å². The van der Waals surface area contributed by atoms with Crippen LogP contribution in [0, 0.1) is 5.82 Å². The van der Waals surface area contributed by atoms with Crippen molar-refractivity contribution >= 4 is 52.1 Å². The van der Waals surface area contributed by atoms with Crippen LogP contribution in [-0.4, -0.2) is 27.4 Å². The van der Waals surface area contributed by atoms with Gasteiger partial charge < -0.3 is 20.0 Å². The summed E-state index contributed by atoms with van der Waals surface area (Å²) in [7, 11) is 0. The molecule has 37 heavy (non-hydrogen) atoms. The Morgan fingerprint density at radius 2 is 1.92 bits per heavy atom. The quantitative estimate of drug-likeness (QED) is 0.245. The van der Waals surface area contributed by atoms with Crippen molar-refractivity contribution in [3.63, 3.8) is 0 Å². The van der Waals surface area contributed by atoms with Gasteiger partial charge in [-0.2, -0.15) is 0 Å². The molecule has 2 N–H and O–H groups in total. The average molecular weight is 555 g/mol. The van der Waals surface area contributed by atoms with Crippen molar-refractivity contribution in [1.29, 1.82) is 0 Å². The van der Waals surface area contributed by atoms with Crippen molar-refractivity contribution in [2.45, 2.75) is 18.5 Å². The number of amides is 1. The fourth-order valence-electron chi connectivity index (χ4n) is 4.28. The summed E-state index contributed by atoms with van der Waals surface area (Å²) in [5, 5.41) is 7.61. The second-order valence-corrected chi connectivity index (χ2v) is 9.68. The van der Waals surface area contributed by atoms with E-state index in [1.165, 1.54) is 24.3 Å². The van der Waals surface area contributed by atoms with E-state index >= 15 is 0 Å². The third kappa shape index (κ3) is 5.61. The van der Waals surface area contributed by atoms with Crippen LogP contribution in [0.15, 0.2) is 83.4 Å². The van der Waals surface area contributed by atoms with Crippen LogP contribution in [-0.2, 0) is 4.79 Å². The number of halogens is 3. The third-order valence-corrected chi connectivity index (χ3v) is 6.92. The van der Waals surface area contributed by atoms with E-state index in [-0.39, 0.29) is 30.2 Å². The molecule has 0 spiro atoms. The number of rotatable bonds is 7. The summed E-state index contributed by atoms with van der Waals surface area (Å²) in [6.07, 6.45) is 1.87. The number of hydrogen-bond donors (Lipinski definition) is 2. The number of thiocarbonyl (C=S) groups is 1. The highest BCUT2D eigenvalue weighted by molar-refractivity contribution is 7.80. The van der Waals surface area contributed by atoms with Crippen LogP contribution in [0.3, 0.4) is 0 Å². The minimum absolute atomic E-state index is 0.154. The van der Waals surface area contributed by atoms with Gasteiger partial charge in [0.25, 0.3) is 0 Å². The van der Waals surface area contributed by atoms with Crippen molar-refractivity contribution in [3.05, 3.63) is 106 Å². The first kappa shape index (κ1) is 25.2. The molecule has 2 aromatic heterocycles. The van der Waals surface area contributed by atoms with Gasteiger partial charge in [0.2, 0.25) is 5.91 Å². The van der Waals surface area contributed by atoms with Crippen LogP contribution < -0.4 is 10.6 Å². The molecule has 10 heteroatoms. The molecule has 1 amide bonds. The SMILES string of the molecule is O=C(CCN1C(=S)N[C@@H](c2ccccn2)[C@H]1c1ccc(-c2ccc(Cl)cc2Cl)o1)Nc1ccc(F)cc1. The second kappa shape index (κ2) is 10.9. The van der Waals surface area contributed by atoms with Crippen LogP contribution in [0.25, 0.3) is 11.3 Å². The van der Waals surface area contributed by atoms with Crippen LogP contribution in [0.5, 0.6) is 0 Å². The van der Waals surface area contributed by atoms with Gasteiger partial charge in [0.05, 0.1) is 16.8 Å². The maximum atomic E-state index is 13.2. The van der Waals surface area contributed by atoms with Gasteiger partial charge in [-0.3, -0.25) is 9.78 Å². The highest BCUT2D eigenvalue weighted by Crippen LogP contribution is 2.41. The van der Waals surface area contributed by atoms with E-state index in [9.17, 15) is 9.18 Å². The van der Waals surface area contributed by atoms with Crippen LogP contribution in [0.4, 0.5) is 10.1 Å². The zero-order valence-electron chi connectivity index (χ0n) is 19.3. The van der Waals surface area contributed by atoms with Crippen molar-refractivity contribution in [2.24, 2.45) is 0 Å². The molecule has 0 saturated carbocycles.